The lowest BCUT2D eigenvalue weighted by molar-refractivity contribution is -0.142. The molecule has 36 heavy (non-hydrogen) atoms. The molecule has 1 unspecified atom stereocenters. The minimum absolute atomic E-state index is 0.0263. The molecule has 3 saturated carbocycles. The van der Waals surface area contributed by atoms with Crippen LogP contribution in [0, 0.1) is 35.5 Å². The molecule has 7 nitrogen and oxygen atoms in total. The van der Waals surface area contributed by atoms with E-state index in [1.54, 1.807) is 16.4 Å². The summed E-state index contributed by atoms with van der Waals surface area (Å²) >= 11 is 1.58. The van der Waals surface area contributed by atoms with Crippen molar-refractivity contribution in [3.05, 3.63) is 24.3 Å². The highest BCUT2D eigenvalue weighted by Gasteiger charge is 2.64. The summed E-state index contributed by atoms with van der Waals surface area (Å²) in [7, 11) is 0. The zero-order valence-corrected chi connectivity index (χ0v) is 21.5. The Morgan fingerprint density at radius 2 is 1.61 bits per heavy atom. The molecule has 5 aliphatic rings. The second-order valence-electron chi connectivity index (χ2n) is 11.7. The van der Waals surface area contributed by atoms with Crippen LogP contribution in [-0.2, 0) is 14.4 Å². The van der Waals surface area contributed by atoms with Gasteiger partial charge in [-0.2, -0.15) is 4.37 Å². The molecule has 6 atom stereocenters. The second kappa shape index (κ2) is 8.91. The Labute approximate surface area is 216 Å². The van der Waals surface area contributed by atoms with Gasteiger partial charge in [0.2, 0.25) is 11.8 Å². The molecule has 0 radical (unpaired) electrons. The third-order valence-corrected chi connectivity index (χ3v) is 10.7. The second-order valence-corrected chi connectivity index (χ2v) is 12.5. The zero-order valence-electron chi connectivity index (χ0n) is 20.7. The highest BCUT2D eigenvalue weighted by atomic mass is 32.1. The number of imide groups is 1. The first kappa shape index (κ1) is 22.8. The summed E-state index contributed by atoms with van der Waals surface area (Å²) in [6.07, 6.45) is 5.94. The first-order valence-electron chi connectivity index (χ1n) is 13.8. The molecule has 2 aromatic rings. The molecule has 5 fully saturated rings. The fourth-order valence-electron chi connectivity index (χ4n) is 8.02. The van der Waals surface area contributed by atoms with Gasteiger partial charge in [0.15, 0.2) is 0 Å². The molecule has 2 amide bonds. The molecular formula is C28H34N4O3S. The van der Waals surface area contributed by atoms with Crippen molar-refractivity contribution >= 4 is 45.0 Å². The van der Waals surface area contributed by atoms with Crippen molar-refractivity contribution in [3.63, 3.8) is 0 Å². The lowest BCUT2D eigenvalue weighted by Gasteiger charge is -2.40. The first-order valence-corrected chi connectivity index (χ1v) is 14.6. The Balaban J connectivity index is 0.990. The smallest absolute Gasteiger partial charge is 0.233 e. The molecule has 0 spiro atoms. The van der Waals surface area contributed by atoms with Crippen LogP contribution in [0.1, 0.15) is 38.5 Å². The van der Waals surface area contributed by atoms with Crippen LogP contribution in [-0.4, -0.2) is 71.0 Å². The van der Waals surface area contributed by atoms with Gasteiger partial charge < -0.3 is 4.90 Å². The summed E-state index contributed by atoms with van der Waals surface area (Å²) in [4.78, 5) is 45.4. The number of Topliss-reactive ketones (excluding diaryl/α,β-unsaturated/α-hetero) is 1. The Kier molecular flexibility index (Phi) is 5.65. The van der Waals surface area contributed by atoms with Crippen LogP contribution in [0.25, 0.3) is 10.1 Å². The number of hydrogen-bond acceptors (Lipinski definition) is 7. The van der Waals surface area contributed by atoms with E-state index in [0.717, 1.165) is 51.4 Å². The number of nitrogens with zero attached hydrogens (tertiary/aromatic N) is 4. The molecule has 0 N–H and O–H groups in total. The van der Waals surface area contributed by atoms with Crippen LogP contribution in [0.3, 0.4) is 0 Å². The van der Waals surface area contributed by atoms with Crippen LogP contribution in [0.2, 0.25) is 0 Å². The first-order chi connectivity index (χ1) is 17.6. The van der Waals surface area contributed by atoms with Gasteiger partial charge in [0, 0.05) is 57.0 Å². The lowest BCUT2D eigenvalue weighted by atomic mass is 9.78. The highest BCUT2D eigenvalue weighted by molar-refractivity contribution is 7.13. The standard InChI is InChI=1S/C28H34N4O3S/c33-22-14-19-13-21(22)25-24(19)27(34)32(28(25)35)16-18-6-2-1-5-17(18)15-30-9-11-31(12-10-30)26-20-7-3-4-8-23(20)36-29-26/h3-4,7-8,17-19,21,24-25H,1-2,5-6,9-16H2/t17-,18-,19?,21-,24+,25-/m0/s1. The van der Waals surface area contributed by atoms with Gasteiger partial charge in [-0.1, -0.05) is 25.0 Å². The summed E-state index contributed by atoms with van der Waals surface area (Å²) in [5, 5.41) is 1.25. The van der Waals surface area contributed by atoms with Gasteiger partial charge >= 0.3 is 0 Å². The maximum atomic E-state index is 13.3. The van der Waals surface area contributed by atoms with Crippen LogP contribution in [0.5, 0.6) is 0 Å². The molecule has 1 aromatic heterocycles. The molecule has 2 bridgehead atoms. The largest absolute Gasteiger partial charge is 0.353 e. The van der Waals surface area contributed by atoms with Gasteiger partial charge in [-0.05, 0) is 60.7 Å². The van der Waals surface area contributed by atoms with E-state index in [4.69, 9.17) is 4.37 Å². The van der Waals surface area contributed by atoms with E-state index in [2.05, 4.69) is 34.1 Å². The summed E-state index contributed by atoms with van der Waals surface area (Å²) < 4.78 is 5.99. The van der Waals surface area contributed by atoms with Crippen molar-refractivity contribution in [1.29, 1.82) is 0 Å². The highest BCUT2D eigenvalue weighted by Crippen LogP contribution is 2.54. The summed E-state index contributed by atoms with van der Waals surface area (Å²) in [5.74, 6) is 1.58. The molecule has 7 rings (SSSR count). The number of amides is 2. The minimum atomic E-state index is -0.347. The number of anilines is 1. The number of carbonyl (C=O) groups excluding carboxylic acids is 3. The van der Waals surface area contributed by atoms with Crippen molar-refractivity contribution in [2.75, 3.05) is 44.2 Å². The van der Waals surface area contributed by atoms with Crippen molar-refractivity contribution in [2.24, 2.45) is 35.5 Å². The Morgan fingerprint density at radius 3 is 2.42 bits per heavy atom. The SMILES string of the molecule is O=C1CC2C[C@@H]1[C@@H]1C(=O)N(C[C@@H]3CCCC[C@H]3CN3CCN(c4nsc5ccccc45)CC3)C(=O)[C@H]21. The molecule has 8 heteroatoms. The Hall–Kier alpha value is -2.32. The van der Waals surface area contributed by atoms with Crippen molar-refractivity contribution in [1.82, 2.24) is 14.2 Å². The average molecular weight is 507 g/mol. The molecule has 2 aliphatic heterocycles. The van der Waals surface area contributed by atoms with Crippen LogP contribution in [0.4, 0.5) is 5.82 Å². The number of carbonyl (C=O) groups is 3. The number of ketones is 1. The number of fused-ring (bicyclic) bond motifs is 6. The zero-order chi connectivity index (χ0) is 24.4. The van der Waals surface area contributed by atoms with Crippen LogP contribution >= 0.6 is 11.5 Å². The summed E-state index contributed by atoms with van der Waals surface area (Å²) in [6, 6.07) is 8.47. The third kappa shape index (κ3) is 3.63. The summed E-state index contributed by atoms with van der Waals surface area (Å²) in [6.45, 7) is 5.61. The number of benzene rings is 1. The van der Waals surface area contributed by atoms with Crippen LogP contribution in [0.15, 0.2) is 24.3 Å². The number of hydrogen-bond donors (Lipinski definition) is 0. The normalized spacial score (nSPS) is 34.8. The quantitative estimate of drug-likeness (QED) is 0.579. The fraction of sp³-hybridized carbons (Fsp3) is 0.643. The maximum absolute atomic E-state index is 13.3. The van der Waals surface area contributed by atoms with Crippen molar-refractivity contribution in [3.8, 4) is 0 Å². The Bertz CT molecular complexity index is 1200. The molecule has 2 saturated heterocycles. The average Bonchev–Trinajstić information content (AvgIpc) is 3.64. The number of piperazine rings is 1. The lowest BCUT2D eigenvalue weighted by Crippen LogP contribution is -2.49. The van der Waals surface area contributed by atoms with Gasteiger partial charge in [0.25, 0.3) is 0 Å². The number of likely N-dealkylation sites (tertiary alicyclic amines) is 1. The predicted octanol–water partition coefficient (Wildman–Crippen LogP) is 3.43. The monoisotopic (exact) mass is 506 g/mol. The summed E-state index contributed by atoms with van der Waals surface area (Å²) in [5.41, 5.74) is 0. The minimum Gasteiger partial charge on any atom is -0.353 e. The number of aromatic nitrogens is 1. The van der Waals surface area contributed by atoms with E-state index < -0.39 is 0 Å². The predicted molar refractivity (Wildman–Crippen MR) is 139 cm³/mol. The van der Waals surface area contributed by atoms with Crippen LogP contribution < -0.4 is 4.90 Å². The molecule has 1 aromatic carbocycles. The molecular weight excluding hydrogens is 472 g/mol. The van der Waals surface area contributed by atoms with Crippen molar-refractivity contribution < 1.29 is 14.4 Å². The van der Waals surface area contributed by atoms with Gasteiger partial charge in [0.1, 0.15) is 11.6 Å². The molecule has 3 heterocycles. The topological polar surface area (TPSA) is 73.8 Å². The van der Waals surface area contributed by atoms with E-state index in [1.807, 2.05) is 0 Å². The van der Waals surface area contributed by atoms with Crippen molar-refractivity contribution in [2.45, 2.75) is 38.5 Å². The van der Waals surface area contributed by atoms with E-state index in [0.29, 0.717) is 24.8 Å². The van der Waals surface area contributed by atoms with Gasteiger partial charge in [-0.3, -0.25) is 24.2 Å². The van der Waals surface area contributed by atoms with E-state index in [-0.39, 0.29) is 41.3 Å². The van der Waals surface area contributed by atoms with Gasteiger partial charge in [-0.15, -0.1) is 0 Å². The molecule has 3 aliphatic carbocycles. The van der Waals surface area contributed by atoms with E-state index >= 15 is 0 Å². The van der Waals surface area contributed by atoms with Gasteiger partial charge in [-0.25, -0.2) is 0 Å². The fourth-order valence-corrected chi connectivity index (χ4v) is 8.81. The Morgan fingerprint density at radius 1 is 0.889 bits per heavy atom. The van der Waals surface area contributed by atoms with E-state index in [1.165, 1.54) is 29.3 Å². The molecule has 190 valence electrons. The van der Waals surface area contributed by atoms with E-state index in [9.17, 15) is 14.4 Å². The maximum Gasteiger partial charge on any atom is 0.233 e. The number of rotatable bonds is 5. The van der Waals surface area contributed by atoms with Gasteiger partial charge in [0.05, 0.1) is 16.5 Å². The third-order valence-electron chi connectivity index (χ3n) is 9.87.